The highest BCUT2D eigenvalue weighted by Crippen LogP contribution is 2.21. The number of aromatic nitrogens is 2. The fourth-order valence-electron chi connectivity index (χ4n) is 1.29. The number of aliphatic hydroxyl groups excluding tert-OH is 1. The second kappa shape index (κ2) is 4.30. The van der Waals surface area contributed by atoms with Gasteiger partial charge in [-0.2, -0.15) is 5.10 Å². The Balaban J connectivity index is 2.20. The third kappa shape index (κ3) is 2.18. The number of anilines is 2. The summed E-state index contributed by atoms with van der Waals surface area (Å²) in [6.45, 7) is 0. The van der Waals surface area contributed by atoms with E-state index in [4.69, 9.17) is 5.73 Å². The van der Waals surface area contributed by atoms with Crippen LogP contribution in [0, 0.1) is 5.82 Å². The van der Waals surface area contributed by atoms with Gasteiger partial charge in [-0.15, -0.1) is 0 Å². The van der Waals surface area contributed by atoms with Crippen LogP contribution in [0.1, 0.15) is 11.8 Å². The summed E-state index contributed by atoms with van der Waals surface area (Å²) in [6, 6.07) is 5.79. The normalized spacial score (nSPS) is 12.4. The molecule has 0 aliphatic rings. The second-order valence-electron chi connectivity index (χ2n) is 3.27. The van der Waals surface area contributed by atoms with Gasteiger partial charge in [-0.25, -0.2) is 4.39 Å². The highest BCUT2D eigenvalue weighted by atomic mass is 19.1. The summed E-state index contributed by atoms with van der Waals surface area (Å²) in [5.74, 6) is 0.105. The largest absolute Gasteiger partial charge is 0.374 e. The molecule has 0 aliphatic carbocycles. The lowest BCUT2D eigenvalue weighted by molar-refractivity contribution is 0.187. The molecule has 0 fully saturated rings. The zero-order valence-electron chi connectivity index (χ0n) is 8.31. The lowest BCUT2D eigenvalue weighted by Crippen LogP contribution is -2.09. The van der Waals surface area contributed by atoms with Crippen molar-refractivity contribution < 1.29 is 9.50 Å². The van der Waals surface area contributed by atoms with Gasteiger partial charge in [0.2, 0.25) is 0 Å². The van der Waals surface area contributed by atoms with Crippen LogP contribution >= 0.6 is 0 Å². The Morgan fingerprint density at radius 2 is 2.06 bits per heavy atom. The number of rotatable bonds is 3. The molecular formula is C10H11FN4O. The van der Waals surface area contributed by atoms with Gasteiger partial charge in [0.05, 0.1) is 5.56 Å². The Morgan fingerprint density at radius 3 is 2.69 bits per heavy atom. The van der Waals surface area contributed by atoms with Gasteiger partial charge in [-0.05, 0) is 24.3 Å². The van der Waals surface area contributed by atoms with E-state index in [2.05, 4.69) is 15.5 Å². The van der Waals surface area contributed by atoms with Crippen LogP contribution in [0.3, 0.4) is 0 Å². The SMILES string of the molecule is N[C@@H](O)c1c[nH]nc1Nc1ccc(F)cc1. The summed E-state index contributed by atoms with van der Waals surface area (Å²) in [4.78, 5) is 0. The monoisotopic (exact) mass is 222 g/mol. The molecule has 0 amide bonds. The van der Waals surface area contributed by atoms with Crippen LogP contribution in [-0.2, 0) is 0 Å². The molecule has 2 rings (SSSR count). The Kier molecular flexibility index (Phi) is 2.84. The standard InChI is InChI=1S/C10H11FN4O/c11-6-1-3-7(4-2-6)14-10-8(9(12)16)5-13-15-10/h1-5,9,16H,12H2,(H2,13,14,15)/t9-/m0/s1. The minimum absolute atomic E-state index is 0.313. The molecule has 5 nitrogen and oxygen atoms in total. The lowest BCUT2D eigenvalue weighted by atomic mass is 10.2. The van der Waals surface area contributed by atoms with Gasteiger partial charge < -0.3 is 16.2 Å². The van der Waals surface area contributed by atoms with Crippen LogP contribution in [0.5, 0.6) is 0 Å². The third-order valence-corrected chi connectivity index (χ3v) is 2.10. The van der Waals surface area contributed by atoms with Crippen molar-refractivity contribution in [3.05, 3.63) is 41.8 Å². The minimum atomic E-state index is -1.11. The van der Waals surface area contributed by atoms with Crippen molar-refractivity contribution in [1.82, 2.24) is 10.2 Å². The Hall–Kier alpha value is -1.92. The molecular weight excluding hydrogens is 211 g/mol. The first-order chi connectivity index (χ1) is 7.66. The van der Waals surface area contributed by atoms with Gasteiger partial charge in [-0.3, -0.25) is 5.10 Å². The predicted molar refractivity (Wildman–Crippen MR) is 57.4 cm³/mol. The number of halogens is 1. The van der Waals surface area contributed by atoms with Crippen molar-refractivity contribution in [3.8, 4) is 0 Å². The summed E-state index contributed by atoms with van der Waals surface area (Å²) in [6.07, 6.45) is 0.387. The highest BCUT2D eigenvalue weighted by molar-refractivity contribution is 5.59. The van der Waals surface area contributed by atoms with E-state index < -0.39 is 6.23 Å². The highest BCUT2D eigenvalue weighted by Gasteiger charge is 2.10. The molecule has 0 radical (unpaired) electrons. The first-order valence-electron chi connectivity index (χ1n) is 4.67. The van der Waals surface area contributed by atoms with E-state index in [0.29, 0.717) is 17.1 Å². The average Bonchev–Trinajstić information content (AvgIpc) is 2.69. The van der Waals surface area contributed by atoms with E-state index in [-0.39, 0.29) is 5.82 Å². The molecule has 0 spiro atoms. The van der Waals surface area contributed by atoms with Crippen molar-refractivity contribution in [2.24, 2.45) is 5.73 Å². The first kappa shape index (κ1) is 10.6. The molecule has 84 valence electrons. The number of nitrogens with two attached hydrogens (primary N) is 1. The number of H-pyrrole nitrogens is 1. The van der Waals surface area contributed by atoms with Crippen molar-refractivity contribution in [2.75, 3.05) is 5.32 Å². The number of aliphatic hydroxyl groups is 1. The van der Waals surface area contributed by atoms with Crippen LogP contribution in [0.25, 0.3) is 0 Å². The van der Waals surface area contributed by atoms with Crippen molar-refractivity contribution in [1.29, 1.82) is 0 Å². The van der Waals surface area contributed by atoms with Crippen LogP contribution in [0.2, 0.25) is 0 Å². The van der Waals surface area contributed by atoms with E-state index in [9.17, 15) is 9.50 Å². The Labute approximate surface area is 91.1 Å². The molecule has 6 heteroatoms. The molecule has 1 aromatic carbocycles. The maximum absolute atomic E-state index is 12.7. The molecule has 0 unspecified atom stereocenters. The van der Waals surface area contributed by atoms with E-state index in [1.165, 1.54) is 18.3 Å². The maximum Gasteiger partial charge on any atom is 0.159 e. The fourth-order valence-corrected chi connectivity index (χ4v) is 1.29. The van der Waals surface area contributed by atoms with Gasteiger partial charge in [-0.1, -0.05) is 0 Å². The van der Waals surface area contributed by atoms with Crippen molar-refractivity contribution >= 4 is 11.5 Å². The second-order valence-corrected chi connectivity index (χ2v) is 3.27. The zero-order chi connectivity index (χ0) is 11.5. The van der Waals surface area contributed by atoms with Gasteiger partial charge >= 0.3 is 0 Å². The van der Waals surface area contributed by atoms with E-state index in [1.807, 2.05) is 0 Å². The van der Waals surface area contributed by atoms with Crippen molar-refractivity contribution in [3.63, 3.8) is 0 Å². The molecule has 2 aromatic rings. The van der Waals surface area contributed by atoms with E-state index >= 15 is 0 Å². The van der Waals surface area contributed by atoms with Crippen LogP contribution in [-0.4, -0.2) is 15.3 Å². The number of hydrogen-bond acceptors (Lipinski definition) is 4. The summed E-state index contributed by atoms with van der Waals surface area (Å²) in [5, 5.41) is 18.6. The predicted octanol–water partition coefficient (Wildman–Crippen LogP) is 1.24. The van der Waals surface area contributed by atoms with Crippen LogP contribution in [0.15, 0.2) is 30.5 Å². The van der Waals surface area contributed by atoms with Crippen LogP contribution in [0.4, 0.5) is 15.9 Å². The minimum Gasteiger partial charge on any atom is -0.374 e. The summed E-state index contributed by atoms with van der Waals surface area (Å²) >= 11 is 0. The molecule has 0 aliphatic heterocycles. The van der Waals surface area contributed by atoms with E-state index in [1.54, 1.807) is 12.1 Å². The number of benzene rings is 1. The zero-order valence-corrected chi connectivity index (χ0v) is 8.31. The molecule has 0 saturated carbocycles. The number of nitrogens with zero attached hydrogens (tertiary/aromatic N) is 1. The molecule has 0 saturated heterocycles. The maximum atomic E-state index is 12.7. The topological polar surface area (TPSA) is 87.0 Å². The summed E-state index contributed by atoms with van der Waals surface area (Å²) in [7, 11) is 0. The smallest absolute Gasteiger partial charge is 0.159 e. The van der Waals surface area contributed by atoms with Gasteiger partial charge in [0.15, 0.2) is 5.82 Å². The fraction of sp³-hybridized carbons (Fsp3) is 0.100. The van der Waals surface area contributed by atoms with Gasteiger partial charge in [0.25, 0.3) is 0 Å². The quantitative estimate of drug-likeness (QED) is 0.588. The molecule has 1 atom stereocenters. The average molecular weight is 222 g/mol. The number of nitrogens with one attached hydrogen (secondary N) is 2. The third-order valence-electron chi connectivity index (χ3n) is 2.10. The van der Waals surface area contributed by atoms with Gasteiger partial charge in [0.1, 0.15) is 12.0 Å². The molecule has 1 heterocycles. The lowest BCUT2D eigenvalue weighted by Gasteiger charge is -2.07. The number of aromatic amines is 1. The Morgan fingerprint density at radius 1 is 1.38 bits per heavy atom. The number of hydrogen-bond donors (Lipinski definition) is 4. The van der Waals surface area contributed by atoms with E-state index in [0.717, 1.165) is 0 Å². The molecule has 0 bridgehead atoms. The summed E-state index contributed by atoms with van der Waals surface area (Å²) in [5.41, 5.74) is 6.44. The van der Waals surface area contributed by atoms with Crippen LogP contribution < -0.4 is 11.1 Å². The molecule has 1 aromatic heterocycles. The molecule has 16 heavy (non-hydrogen) atoms. The van der Waals surface area contributed by atoms with Crippen molar-refractivity contribution in [2.45, 2.75) is 6.23 Å². The Bertz CT molecular complexity index is 466. The van der Waals surface area contributed by atoms with Gasteiger partial charge in [0, 0.05) is 11.9 Å². The summed E-state index contributed by atoms with van der Waals surface area (Å²) < 4.78 is 12.7. The first-order valence-corrected chi connectivity index (χ1v) is 4.67. The molecule has 5 N–H and O–H groups in total.